The van der Waals surface area contributed by atoms with Gasteiger partial charge in [-0.2, -0.15) is 5.10 Å². The molecule has 4 heteroatoms. The molecule has 1 aliphatic rings. The van der Waals surface area contributed by atoms with E-state index in [1.165, 1.54) is 37.7 Å². The molecule has 4 nitrogen and oxygen atoms in total. The van der Waals surface area contributed by atoms with Crippen molar-refractivity contribution in [3.8, 4) is 11.3 Å². The zero-order valence-corrected chi connectivity index (χ0v) is 12.5. The van der Waals surface area contributed by atoms with Gasteiger partial charge in [-0.3, -0.25) is 0 Å². The number of aryl methyl sites for hydroxylation is 1. The number of aromatic nitrogens is 3. The van der Waals surface area contributed by atoms with Crippen molar-refractivity contribution in [2.24, 2.45) is 5.92 Å². The average Bonchev–Trinajstić information content (AvgIpc) is 2.55. The number of benzene rings is 1. The van der Waals surface area contributed by atoms with Gasteiger partial charge in [0.25, 0.3) is 0 Å². The van der Waals surface area contributed by atoms with Gasteiger partial charge in [0.15, 0.2) is 0 Å². The van der Waals surface area contributed by atoms with Crippen LogP contribution in [0.4, 0.5) is 5.95 Å². The van der Waals surface area contributed by atoms with Crippen molar-refractivity contribution in [3.05, 3.63) is 36.0 Å². The monoisotopic (exact) mass is 282 g/mol. The molecule has 1 heterocycles. The van der Waals surface area contributed by atoms with Crippen LogP contribution in [0.2, 0.25) is 0 Å². The Kier molecular flexibility index (Phi) is 4.43. The molecule has 2 aromatic rings. The van der Waals surface area contributed by atoms with Crippen LogP contribution in [0.25, 0.3) is 11.3 Å². The van der Waals surface area contributed by atoms with Gasteiger partial charge in [0.1, 0.15) is 0 Å². The predicted molar refractivity (Wildman–Crippen MR) is 85.1 cm³/mol. The lowest BCUT2D eigenvalue weighted by Crippen LogP contribution is -2.18. The van der Waals surface area contributed by atoms with Crippen LogP contribution in [0.15, 0.2) is 30.5 Å². The van der Waals surface area contributed by atoms with E-state index < -0.39 is 0 Å². The largest absolute Gasteiger partial charge is 0.353 e. The van der Waals surface area contributed by atoms with E-state index in [0.29, 0.717) is 5.95 Å². The van der Waals surface area contributed by atoms with Gasteiger partial charge in [0.05, 0.1) is 11.9 Å². The van der Waals surface area contributed by atoms with Crippen molar-refractivity contribution in [1.82, 2.24) is 15.2 Å². The topological polar surface area (TPSA) is 50.7 Å². The van der Waals surface area contributed by atoms with Crippen LogP contribution in [-0.4, -0.2) is 21.7 Å². The number of nitrogens with one attached hydrogen (secondary N) is 1. The van der Waals surface area contributed by atoms with Crippen LogP contribution in [0.5, 0.6) is 0 Å². The van der Waals surface area contributed by atoms with Gasteiger partial charge in [-0.05, 0) is 31.2 Å². The average molecular weight is 282 g/mol. The minimum absolute atomic E-state index is 0.640. The molecule has 0 radical (unpaired) electrons. The van der Waals surface area contributed by atoms with Gasteiger partial charge in [-0.15, -0.1) is 5.10 Å². The lowest BCUT2D eigenvalue weighted by molar-refractivity contribution is 0.373. The van der Waals surface area contributed by atoms with Crippen LogP contribution >= 0.6 is 0 Å². The summed E-state index contributed by atoms with van der Waals surface area (Å²) in [6.45, 7) is 3.05. The van der Waals surface area contributed by atoms with E-state index in [1.807, 2.05) is 12.1 Å². The highest BCUT2D eigenvalue weighted by molar-refractivity contribution is 5.63. The van der Waals surface area contributed by atoms with E-state index in [0.717, 1.165) is 23.7 Å². The maximum atomic E-state index is 4.60. The first kappa shape index (κ1) is 14.0. The third-order valence-electron chi connectivity index (χ3n) is 4.25. The maximum absolute atomic E-state index is 4.60. The first-order valence-electron chi connectivity index (χ1n) is 7.82. The summed E-state index contributed by atoms with van der Waals surface area (Å²) in [5, 5.41) is 11.6. The SMILES string of the molecule is Cc1ccccc1-c1cnnc(NCC2CCCCC2)n1. The van der Waals surface area contributed by atoms with E-state index in [-0.39, 0.29) is 0 Å². The van der Waals surface area contributed by atoms with Crippen molar-refractivity contribution in [2.45, 2.75) is 39.0 Å². The maximum Gasteiger partial charge on any atom is 0.243 e. The molecule has 110 valence electrons. The molecular weight excluding hydrogens is 260 g/mol. The predicted octanol–water partition coefficient (Wildman–Crippen LogP) is 3.84. The number of hydrogen-bond acceptors (Lipinski definition) is 4. The molecule has 3 rings (SSSR count). The minimum atomic E-state index is 0.640. The second-order valence-electron chi connectivity index (χ2n) is 5.87. The minimum Gasteiger partial charge on any atom is -0.353 e. The standard InChI is InChI=1S/C17H22N4/c1-13-7-5-6-10-15(13)16-12-19-21-17(20-16)18-11-14-8-3-2-4-9-14/h5-7,10,12,14H,2-4,8-9,11H2,1H3,(H,18,20,21). The lowest BCUT2D eigenvalue weighted by Gasteiger charge is -2.21. The van der Waals surface area contributed by atoms with E-state index in [4.69, 9.17) is 0 Å². The van der Waals surface area contributed by atoms with E-state index in [9.17, 15) is 0 Å². The molecule has 0 aliphatic heterocycles. The van der Waals surface area contributed by atoms with E-state index in [1.54, 1.807) is 6.20 Å². The highest BCUT2D eigenvalue weighted by Gasteiger charge is 2.13. The Morgan fingerprint density at radius 2 is 1.95 bits per heavy atom. The molecule has 1 N–H and O–H groups in total. The first-order valence-corrected chi connectivity index (χ1v) is 7.82. The molecule has 1 fully saturated rings. The molecule has 1 aromatic carbocycles. The molecule has 0 unspecified atom stereocenters. The zero-order chi connectivity index (χ0) is 14.5. The normalized spacial score (nSPS) is 15.9. The van der Waals surface area contributed by atoms with Gasteiger partial charge < -0.3 is 5.32 Å². The zero-order valence-electron chi connectivity index (χ0n) is 12.5. The van der Waals surface area contributed by atoms with Crippen molar-refractivity contribution in [2.75, 3.05) is 11.9 Å². The summed E-state index contributed by atoms with van der Waals surface area (Å²) in [6, 6.07) is 8.23. The van der Waals surface area contributed by atoms with Gasteiger partial charge in [0.2, 0.25) is 5.95 Å². The van der Waals surface area contributed by atoms with Crippen molar-refractivity contribution < 1.29 is 0 Å². The van der Waals surface area contributed by atoms with Crippen molar-refractivity contribution >= 4 is 5.95 Å². The third-order valence-corrected chi connectivity index (χ3v) is 4.25. The molecular formula is C17H22N4. The highest BCUT2D eigenvalue weighted by Crippen LogP contribution is 2.24. The molecule has 21 heavy (non-hydrogen) atoms. The molecule has 1 aromatic heterocycles. The Labute approximate surface area is 126 Å². The van der Waals surface area contributed by atoms with Gasteiger partial charge >= 0.3 is 0 Å². The summed E-state index contributed by atoms with van der Waals surface area (Å²) in [6.07, 6.45) is 8.46. The van der Waals surface area contributed by atoms with E-state index >= 15 is 0 Å². The lowest BCUT2D eigenvalue weighted by atomic mass is 9.89. The van der Waals surface area contributed by atoms with Crippen LogP contribution < -0.4 is 5.32 Å². The van der Waals surface area contributed by atoms with Gasteiger partial charge in [0, 0.05) is 12.1 Å². The number of hydrogen-bond donors (Lipinski definition) is 1. The molecule has 1 aliphatic carbocycles. The number of rotatable bonds is 4. The summed E-state index contributed by atoms with van der Waals surface area (Å²) in [5.74, 6) is 1.39. The quantitative estimate of drug-likeness (QED) is 0.925. The fraction of sp³-hybridized carbons (Fsp3) is 0.471. The Morgan fingerprint density at radius 1 is 1.14 bits per heavy atom. The second kappa shape index (κ2) is 6.66. The smallest absolute Gasteiger partial charge is 0.243 e. The fourth-order valence-electron chi connectivity index (χ4n) is 3.00. The number of nitrogens with zero attached hydrogens (tertiary/aromatic N) is 3. The summed E-state index contributed by atoms with van der Waals surface area (Å²) in [7, 11) is 0. The molecule has 0 atom stereocenters. The molecule has 0 amide bonds. The second-order valence-corrected chi connectivity index (χ2v) is 5.87. The summed E-state index contributed by atoms with van der Waals surface area (Å²) >= 11 is 0. The first-order chi connectivity index (χ1) is 10.3. The van der Waals surface area contributed by atoms with Crippen LogP contribution in [0, 0.1) is 12.8 Å². The van der Waals surface area contributed by atoms with Crippen LogP contribution in [0.1, 0.15) is 37.7 Å². The Morgan fingerprint density at radius 3 is 2.76 bits per heavy atom. The molecule has 0 spiro atoms. The molecule has 0 saturated heterocycles. The Hall–Kier alpha value is -1.97. The van der Waals surface area contributed by atoms with Gasteiger partial charge in [-0.1, -0.05) is 43.5 Å². The van der Waals surface area contributed by atoms with Gasteiger partial charge in [-0.25, -0.2) is 4.98 Å². The molecule has 1 saturated carbocycles. The van der Waals surface area contributed by atoms with Crippen molar-refractivity contribution in [3.63, 3.8) is 0 Å². The van der Waals surface area contributed by atoms with E-state index in [2.05, 4.69) is 39.6 Å². The highest BCUT2D eigenvalue weighted by atomic mass is 15.2. The Bertz CT molecular complexity index is 591. The summed E-state index contributed by atoms with van der Waals surface area (Å²) in [4.78, 5) is 4.60. The summed E-state index contributed by atoms with van der Waals surface area (Å²) in [5.41, 5.74) is 3.21. The van der Waals surface area contributed by atoms with Crippen molar-refractivity contribution in [1.29, 1.82) is 0 Å². The van der Waals surface area contributed by atoms with Crippen LogP contribution in [0.3, 0.4) is 0 Å². The Balaban J connectivity index is 1.70. The number of anilines is 1. The fourth-order valence-corrected chi connectivity index (χ4v) is 3.00. The molecule has 0 bridgehead atoms. The van der Waals surface area contributed by atoms with Crippen LogP contribution in [-0.2, 0) is 0 Å². The third kappa shape index (κ3) is 3.57. The summed E-state index contributed by atoms with van der Waals surface area (Å²) < 4.78 is 0.